The molecule has 19 heavy (non-hydrogen) atoms. The number of nitrogens with zero attached hydrogens (tertiary/aromatic N) is 3. The average molecular weight is 258 g/mol. The van der Waals surface area contributed by atoms with Gasteiger partial charge in [0.2, 0.25) is 0 Å². The highest BCUT2D eigenvalue weighted by molar-refractivity contribution is 5.56. The largest absolute Gasteiger partial charge is 0.324 e. The highest BCUT2D eigenvalue weighted by Gasteiger charge is 2.22. The van der Waals surface area contributed by atoms with Crippen LogP contribution in [0.25, 0.3) is 11.4 Å². The molecule has 0 radical (unpaired) electrons. The Morgan fingerprint density at radius 3 is 2.21 bits per heavy atom. The van der Waals surface area contributed by atoms with E-state index < -0.39 is 0 Å². The average Bonchev–Trinajstić information content (AvgIpc) is 2.82. The maximum atomic E-state index is 5.76. The third-order valence-electron chi connectivity index (χ3n) is 3.20. The molecule has 0 unspecified atom stereocenters. The van der Waals surface area contributed by atoms with Crippen molar-refractivity contribution in [3.05, 3.63) is 35.7 Å². The van der Waals surface area contributed by atoms with Crippen LogP contribution in [0.1, 0.15) is 39.1 Å². The lowest BCUT2D eigenvalue weighted by atomic mass is 10.1. The highest BCUT2D eigenvalue weighted by atomic mass is 15.3. The van der Waals surface area contributed by atoms with Crippen molar-refractivity contribution in [2.24, 2.45) is 5.73 Å². The lowest BCUT2D eigenvalue weighted by molar-refractivity contribution is 0.386. The van der Waals surface area contributed by atoms with E-state index in [2.05, 4.69) is 66.7 Å². The lowest BCUT2D eigenvalue weighted by Crippen LogP contribution is -2.26. The van der Waals surface area contributed by atoms with Crippen molar-refractivity contribution in [1.29, 1.82) is 0 Å². The molecule has 0 atom stereocenters. The van der Waals surface area contributed by atoms with Crippen LogP contribution in [0.2, 0.25) is 0 Å². The normalized spacial score (nSPS) is 11.8. The van der Waals surface area contributed by atoms with E-state index in [1.807, 2.05) is 0 Å². The Hall–Kier alpha value is -1.68. The van der Waals surface area contributed by atoms with E-state index in [1.54, 1.807) is 0 Å². The minimum Gasteiger partial charge on any atom is -0.324 e. The Balaban J connectivity index is 2.52. The van der Waals surface area contributed by atoms with Crippen molar-refractivity contribution in [3.8, 4) is 11.4 Å². The number of benzene rings is 1. The van der Waals surface area contributed by atoms with E-state index in [0.717, 1.165) is 23.6 Å². The van der Waals surface area contributed by atoms with Crippen LogP contribution < -0.4 is 5.73 Å². The van der Waals surface area contributed by atoms with Gasteiger partial charge in [0.15, 0.2) is 5.82 Å². The predicted octanol–water partition coefficient (Wildman–Crippen LogP) is 2.72. The summed E-state index contributed by atoms with van der Waals surface area (Å²) in [7, 11) is 0. The van der Waals surface area contributed by atoms with Gasteiger partial charge in [-0.3, -0.25) is 0 Å². The fraction of sp³-hybridized carbons (Fsp3) is 0.467. The Labute approximate surface area is 114 Å². The van der Waals surface area contributed by atoms with Gasteiger partial charge < -0.3 is 10.3 Å². The van der Waals surface area contributed by atoms with Crippen molar-refractivity contribution >= 4 is 0 Å². The maximum Gasteiger partial charge on any atom is 0.164 e. The third-order valence-corrected chi connectivity index (χ3v) is 3.20. The Bertz CT molecular complexity index is 547. The van der Waals surface area contributed by atoms with Gasteiger partial charge in [0.1, 0.15) is 5.82 Å². The summed E-state index contributed by atoms with van der Waals surface area (Å²) in [6.45, 7) is 8.97. The molecule has 1 aromatic carbocycles. The van der Waals surface area contributed by atoms with Crippen LogP contribution in [-0.4, -0.2) is 14.8 Å². The molecule has 0 spiro atoms. The number of nitrogens with two attached hydrogens (primary N) is 1. The molecular formula is C15H22N4. The molecule has 1 aromatic heterocycles. The molecule has 0 bridgehead atoms. The molecular weight excluding hydrogens is 236 g/mol. The second kappa shape index (κ2) is 5.13. The zero-order valence-corrected chi connectivity index (χ0v) is 12.1. The number of hydrogen-bond donors (Lipinski definition) is 1. The molecule has 2 rings (SSSR count). The van der Waals surface area contributed by atoms with Crippen molar-refractivity contribution in [1.82, 2.24) is 14.8 Å². The van der Waals surface area contributed by atoms with Crippen LogP contribution >= 0.6 is 0 Å². The maximum absolute atomic E-state index is 5.76. The standard InChI is InChI=1S/C15H22N4/c1-5-11-6-8-12(9-7-11)14-18-17-13(10-16)19(14)15(2,3)4/h6-9H,5,10,16H2,1-4H3. The molecule has 0 aliphatic carbocycles. The van der Waals surface area contributed by atoms with Gasteiger partial charge in [0.25, 0.3) is 0 Å². The monoisotopic (exact) mass is 258 g/mol. The molecule has 0 aliphatic heterocycles. The minimum atomic E-state index is -0.0863. The molecule has 102 valence electrons. The fourth-order valence-corrected chi connectivity index (χ4v) is 2.23. The van der Waals surface area contributed by atoms with E-state index in [1.165, 1.54) is 5.56 Å². The van der Waals surface area contributed by atoms with E-state index in [4.69, 9.17) is 5.73 Å². The van der Waals surface area contributed by atoms with Gasteiger partial charge >= 0.3 is 0 Å². The SMILES string of the molecule is CCc1ccc(-c2nnc(CN)n2C(C)(C)C)cc1. The second-order valence-corrected chi connectivity index (χ2v) is 5.70. The van der Waals surface area contributed by atoms with Crippen LogP contribution in [0.15, 0.2) is 24.3 Å². The molecule has 2 N–H and O–H groups in total. The first-order chi connectivity index (χ1) is 8.97. The van der Waals surface area contributed by atoms with E-state index in [9.17, 15) is 0 Å². The summed E-state index contributed by atoms with van der Waals surface area (Å²) in [5, 5.41) is 8.52. The fourth-order valence-electron chi connectivity index (χ4n) is 2.23. The zero-order chi connectivity index (χ0) is 14.0. The van der Waals surface area contributed by atoms with Gasteiger partial charge in [-0.15, -0.1) is 10.2 Å². The van der Waals surface area contributed by atoms with Crippen LogP contribution in [0, 0.1) is 0 Å². The van der Waals surface area contributed by atoms with Crippen molar-refractivity contribution < 1.29 is 0 Å². The Morgan fingerprint density at radius 2 is 1.74 bits per heavy atom. The molecule has 0 amide bonds. The Morgan fingerprint density at radius 1 is 1.11 bits per heavy atom. The van der Waals surface area contributed by atoms with Gasteiger partial charge in [-0.1, -0.05) is 31.2 Å². The number of aromatic nitrogens is 3. The van der Waals surface area contributed by atoms with Gasteiger partial charge in [-0.05, 0) is 32.8 Å². The summed E-state index contributed by atoms with van der Waals surface area (Å²) in [5.41, 5.74) is 8.08. The molecule has 0 saturated carbocycles. The van der Waals surface area contributed by atoms with E-state index in [-0.39, 0.29) is 5.54 Å². The summed E-state index contributed by atoms with van der Waals surface area (Å²) in [6, 6.07) is 8.48. The molecule has 0 saturated heterocycles. The van der Waals surface area contributed by atoms with Crippen molar-refractivity contribution in [3.63, 3.8) is 0 Å². The van der Waals surface area contributed by atoms with E-state index in [0.29, 0.717) is 6.54 Å². The first kappa shape index (κ1) is 13.7. The van der Waals surface area contributed by atoms with Gasteiger partial charge in [0.05, 0.1) is 6.54 Å². The summed E-state index contributed by atoms with van der Waals surface area (Å²) in [5.74, 6) is 1.71. The predicted molar refractivity (Wildman–Crippen MR) is 77.7 cm³/mol. The zero-order valence-electron chi connectivity index (χ0n) is 12.1. The minimum absolute atomic E-state index is 0.0863. The van der Waals surface area contributed by atoms with E-state index >= 15 is 0 Å². The summed E-state index contributed by atoms with van der Waals surface area (Å²) < 4.78 is 2.12. The smallest absolute Gasteiger partial charge is 0.164 e. The molecule has 4 heteroatoms. The van der Waals surface area contributed by atoms with Gasteiger partial charge in [-0.2, -0.15) is 0 Å². The third kappa shape index (κ3) is 2.68. The first-order valence-electron chi connectivity index (χ1n) is 6.71. The lowest BCUT2D eigenvalue weighted by Gasteiger charge is -2.24. The van der Waals surface area contributed by atoms with Crippen molar-refractivity contribution in [2.45, 2.75) is 46.2 Å². The van der Waals surface area contributed by atoms with Crippen LogP contribution in [0.4, 0.5) is 0 Å². The molecule has 0 aliphatic rings. The molecule has 2 aromatic rings. The van der Waals surface area contributed by atoms with Crippen LogP contribution in [0.3, 0.4) is 0 Å². The molecule has 1 heterocycles. The molecule has 4 nitrogen and oxygen atoms in total. The summed E-state index contributed by atoms with van der Waals surface area (Å²) in [4.78, 5) is 0. The van der Waals surface area contributed by atoms with Gasteiger partial charge in [0, 0.05) is 11.1 Å². The summed E-state index contributed by atoms with van der Waals surface area (Å²) in [6.07, 6.45) is 1.04. The summed E-state index contributed by atoms with van der Waals surface area (Å²) >= 11 is 0. The van der Waals surface area contributed by atoms with Crippen LogP contribution in [-0.2, 0) is 18.5 Å². The van der Waals surface area contributed by atoms with Gasteiger partial charge in [-0.25, -0.2) is 0 Å². The number of rotatable bonds is 3. The van der Waals surface area contributed by atoms with Crippen LogP contribution in [0.5, 0.6) is 0 Å². The highest BCUT2D eigenvalue weighted by Crippen LogP contribution is 2.26. The quantitative estimate of drug-likeness (QED) is 0.921. The van der Waals surface area contributed by atoms with Crippen molar-refractivity contribution in [2.75, 3.05) is 0 Å². The number of hydrogen-bond acceptors (Lipinski definition) is 3. The Kier molecular flexibility index (Phi) is 3.71. The molecule has 0 fully saturated rings. The number of aryl methyl sites for hydroxylation is 1. The first-order valence-corrected chi connectivity index (χ1v) is 6.71. The topological polar surface area (TPSA) is 56.7 Å². The second-order valence-electron chi connectivity index (χ2n) is 5.70.